The van der Waals surface area contributed by atoms with E-state index in [0.717, 1.165) is 23.3 Å². The third kappa shape index (κ3) is 4.56. The van der Waals surface area contributed by atoms with Crippen LogP contribution in [0.2, 0.25) is 0 Å². The molecule has 2 aliphatic rings. The Labute approximate surface area is 171 Å². The van der Waals surface area contributed by atoms with Crippen LogP contribution in [0.15, 0.2) is 30.9 Å². The fourth-order valence-electron chi connectivity index (χ4n) is 4.01. The summed E-state index contributed by atoms with van der Waals surface area (Å²) in [6.07, 6.45) is 4.63. The third-order valence-electron chi connectivity index (χ3n) is 5.81. The summed E-state index contributed by atoms with van der Waals surface area (Å²) in [5, 5.41) is 13.2. The normalized spacial score (nSPS) is 25.1. The molecule has 1 unspecified atom stereocenters. The molecule has 1 atom stereocenters. The third-order valence-corrected chi connectivity index (χ3v) is 5.81. The molecule has 0 radical (unpaired) electrons. The molecule has 1 aromatic rings. The van der Waals surface area contributed by atoms with Gasteiger partial charge in [-0.15, -0.1) is 6.58 Å². The van der Waals surface area contributed by atoms with Crippen LogP contribution in [0.25, 0.3) is 0 Å². The van der Waals surface area contributed by atoms with Crippen molar-refractivity contribution in [2.75, 3.05) is 20.3 Å². The molecule has 1 aromatic carbocycles. The Morgan fingerprint density at radius 3 is 2.72 bits per heavy atom. The van der Waals surface area contributed by atoms with Crippen molar-refractivity contribution >= 4 is 11.9 Å². The Bertz CT molecular complexity index is 770. The first-order valence-corrected chi connectivity index (χ1v) is 10.1. The number of ether oxygens (including phenoxy) is 2. The number of aliphatic hydroxyl groups excluding tert-OH is 1. The minimum atomic E-state index is -1.00. The summed E-state index contributed by atoms with van der Waals surface area (Å²) in [5.41, 5.74) is 0.241. The molecule has 1 heterocycles. The lowest BCUT2D eigenvalue weighted by molar-refractivity contribution is -0.133. The van der Waals surface area contributed by atoms with Gasteiger partial charge in [-0.1, -0.05) is 19.1 Å². The van der Waals surface area contributed by atoms with Crippen molar-refractivity contribution in [3.05, 3.63) is 36.4 Å². The monoisotopic (exact) mass is 402 g/mol. The average Bonchev–Trinajstić information content (AvgIpc) is 2.93. The van der Waals surface area contributed by atoms with Gasteiger partial charge in [-0.2, -0.15) is 0 Å². The number of allylic oxidation sites excluding steroid dienone is 1. The van der Waals surface area contributed by atoms with Gasteiger partial charge in [0.05, 0.1) is 13.7 Å². The standard InChI is InChI=1S/C22H30N2O5/c1-4-5-16-6-7-18(19(12-16)28-3)29-14-17(25)13-24-20(26)22(23-21(24)27)10-8-15(2)9-11-22/h4,6-7,12,15,17,25H,1,5,8-11,13-14H2,2-3H3,(H,23,27). The molecule has 7 nitrogen and oxygen atoms in total. The van der Waals surface area contributed by atoms with Crippen molar-refractivity contribution in [3.8, 4) is 11.5 Å². The maximum absolute atomic E-state index is 12.9. The molecule has 1 saturated heterocycles. The van der Waals surface area contributed by atoms with E-state index in [-0.39, 0.29) is 19.1 Å². The van der Waals surface area contributed by atoms with Crippen molar-refractivity contribution in [2.24, 2.45) is 5.92 Å². The van der Waals surface area contributed by atoms with E-state index in [1.165, 1.54) is 0 Å². The number of hydrogen-bond donors (Lipinski definition) is 2. The van der Waals surface area contributed by atoms with E-state index in [1.807, 2.05) is 12.1 Å². The van der Waals surface area contributed by atoms with E-state index in [2.05, 4.69) is 18.8 Å². The van der Waals surface area contributed by atoms with Gasteiger partial charge in [0.25, 0.3) is 5.91 Å². The highest BCUT2D eigenvalue weighted by Gasteiger charge is 2.52. The quantitative estimate of drug-likeness (QED) is 0.516. The van der Waals surface area contributed by atoms with Gasteiger partial charge >= 0.3 is 6.03 Å². The maximum atomic E-state index is 12.9. The van der Waals surface area contributed by atoms with E-state index < -0.39 is 17.7 Å². The highest BCUT2D eigenvalue weighted by molar-refractivity contribution is 6.07. The van der Waals surface area contributed by atoms with Crippen molar-refractivity contribution in [1.29, 1.82) is 0 Å². The van der Waals surface area contributed by atoms with Crippen LogP contribution in [0.4, 0.5) is 4.79 Å². The smallest absolute Gasteiger partial charge is 0.325 e. The van der Waals surface area contributed by atoms with Gasteiger partial charge in [0.2, 0.25) is 0 Å². The molecule has 1 aliphatic carbocycles. The predicted molar refractivity (Wildman–Crippen MR) is 109 cm³/mol. The van der Waals surface area contributed by atoms with Crippen LogP contribution in [0.3, 0.4) is 0 Å². The number of rotatable bonds is 8. The van der Waals surface area contributed by atoms with E-state index in [4.69, 9.17) is 9.47 Å². The second-order valence-electron chi connectivity index (χ2n) is 8.05. The van der Waals surface area contributed by atoms with E-state index >= 15 is 0 Å². The van der Waals surface area contributed by atoms with Crippen LogP contribution >= 0.6 is 0 Å². The van der Waals surface area contributed by atoms with Gasteiger partial charge in [-0.3, -0.25) is 9.69 Å². The van der Waals surface area contributed by atoms with Gasteiger partial charge < -0.3 is 19.9 Å². The molecule has 1 spiro atoms. The molecule has 7 heteroatoms. The summed E-state index contributed by atoms with van der Waals surface area (Å²) in [7, 11) is 1.55. The highest BCUT2D eigenvalue weighted by Crippen LogP contribution is 2.36. The number of imide groups is 1. The van der Waals surface area contributed by atoms with Crippen LogP contribution in [-0.2, 0) is 11.2 Å². The lowest BCUT2D eigenvalue weighted by Crippen LogP contribution is -2.49. The number of hydrogen-bond acceptors (Lipinski definition) is 5. The Morgan fingerprint density at radius 1 is 1.34 bits per heavy atom. The molecule has 158 valence electrons. The fourth-order valence-corrected chi connectivity index (χ4v) is 4.01. The molecule has 29 heavy (non-hydrogen) atoms. The van der Waals surface area contributed by atoms with Crippen LogP contribution in [0, 0.1) is 5.92 Å². The van der Waals surface area contributed by atoms with E-state index in [0.29, 0.717) is 36.7 Å². The van der Waals surface area contributed by atoms with Gasteiger partial charge in [0.1, 0.15) is 18.2 Å². The number of nitrogens with zero attached hydrogens (tertiary/aromatic N) is 1. The summed E-state index contributed by atoms with van der Waals surface area (Å²) >= 11 is 0. The molecule has 3 rings (SSSR count). The first-order valence-electron chi connectivity index (χ1n) is 10.1. The van der Waals surface area contributed by atoms with E-state index in [1.54, 1.807) is 19.3 Å². The highest BCUT2D eigenvalue weighted by atomic mass is 16.5. The molecule has 0 bridgehead atoms. The first kappa shape index (κ1) is 21.2. The Morgan fingerprint density at radius 2 is 2.07 bits per heavy atom. The number of urea groups is 1. The largest absolute Gasteiger partial charge is 0.493 e. The van der Waals surface area contributed by atoms with Crippen molar-refractivity contribution < 1.29 is 24.2 Å². The van der Waals surface area contributed by atoms with Crippen molar-refractivity contribution in [3.63, 3.8) is 0 Å². The van der Waals surface area contributed by atoms with Crippen molar-refractivity contribution in [1.82, 2.24) is 10.2 Å². The molecule has 1 aliphatic heterocycles. The number of amides is 3. The summed E-state index contributed by atoms with van der Waals surface area (Å²) in [4.78, 5) is 26.4. The summed E-state index contributed by atoms with van der Waals surface area (Å²) in [5.74, 6) is 1.38. The number of nitrogens with one attached hydrogen (secondary N) is 1. The minimum Gasteiger partial charge on any atom is -0.493 e. The topological polar surface area (TPSA) is 88.1 Å². The minimum absolute atomic E-state index is 0.0573. The lowest BCUT2D eigenvalue weighted by Gasteiger charge is -2.33. The Hall–Kier alpha value is -2.54. The fraction of sp³-hybridized carbons (Fsp3) is 0.545. The SMILES string of the molecule is C=CCc1ccc(OCC(O)CN2C(=O)NC3(CCC(C)CC3)C2=O)c(OC)c1. The van der Waals surface area contributed by atoms with Crippen LogP contribution in [0.1, 0.15) is 38.2 Å². The molecule has 2 N–H and O–H groups in total. The summed E-state index contributed by atoms with van der Waals surface area (Å²) in [6.45, 7) is 5.72. The molecular formula is C22H30N2O5. The average molecular weight is 402 g/mol. The van der Waals surface area contributed by atoms with Gasteiger partial charge in [0, 0.05) is 0 Å². The van der Waals surface area contributed by atoms with Gasteiger partial charge in [-0.05, 0) is 55.7 Å². The van der Waals surface area contributed by atoms with Gasteiger partial charge in [0.15, 0.2) is 11.5 Å². The zero-order valence-corrected chi connectivity index (χ0v) is 17.1. The lowest BCUT2D eigenvalue weighted by atomic mass is 9.77. The number of carbonyl (C=O) groups excluding carboxylic acids is 2. The van der Waals surface area contributed by atoms with Crippen LogP contribution in [-0.4, -0.2) is 53.8 Å². The number of carbonyl (C=O) groups is 2. The van der Waals surface area contributed by atoms with Gasteiger partial charge in [-0.25, -0.2) is 4.79 Å². The number of methoxy groups -OCH3 is 1. The van der Waals surface area contributed by atoms with Crippen LogP contribution < -0.4 is 14.8 Å². The summed E-state index contributed by atoms with van der Waals surface area (Å²) < 4.78 is 11.0. The zero-order valence-electron chi connectivity index (χ0n) is 17.1. The number of benzene rings is 1. The second kappa shape index (κ2) is 8.86. The maximum Gasteiger partial charge on any atom is 0.325 e. The molecule has 3 amide bonds. The Kier molecular flexibility index (Phi) is 6.47. The Balaban J connectivity index is 1.58. The molecule has 2 fully saturated rings. The van der Waals surface area contributed by atoms with Crippen LogP contribution in [0.5, 0.6) is 11.5 Å². The number of β-amino-alcohol motifs (C(OH)–C–C–N with tert-alkyl or cyclic N) is 1. The molecular weight excluding hydrogens is 372 g/mol. The molecule has 1 saturated carbocycles. The van der Waals surface area contributed by atoms with E-state index in [9.17, 15) is 14.7 Å². The number of aliphatic hydroxyl groups is 1. The first-order chi connectivity index (χ1) is 13.9. The zero-order chi connectivity index (χ0) is 21.0. The van der Waals surface area contributed by atoms with Crippen molar-refractivity contribution in [2.45, 2.75) is 50.7 Å². The predicted octanol–water partition coefficient (Wildman–Crippen LogP) is 2.66. The summed E-state index contributed by atoms with van der Waals surface area (Å²) in [6, 6.07) is 5.09. The second-order valence-corrected chi connectivity index (χ2v) is 8.05. The molecule has 0 aromatic heterocycles.